The Bertz CT molecular complexity index is 1820. The minimum absolute atomic E-state index is 0.244. The number of allylic oxidation sites excluding steroid dienone is 11. The van der Waals surface area contributed by atoms with Crippen molar-refractivity contribution >= 4 is 5.91 Å². The average Bonchev–Trinajstić information content (AvgIpc) is 0.856. The first-order valence-corrected chi connectivity index (χ1v) is 38.2. The van der Waals surface area contributed by atoms with Crippen molar-refractivity contribution in [3.8, 4) is 0 Å². The molecule has 0 bridgehead atoms. The molecule has 2 heterocycles. The highest BCUT2D eigenvalue weighted by Gasteiger charge is 2.51. The first kappa shape index (κ1) is 85.5. The summed E-state index contributed by atoms with van der Waals surface area (Å²) in [5.74, 6) is -0.244. The van der Waals surface area contributed by atoms with Gasteiger partial charge < -0.3 is 65.1 Å². The average molecular weight is 1300 g/mol. The molecule has 0 aliphatic carbocycles. The van der Waals surface area contributed by atoms with Crippen molar-refractivity contribution in [1.82, 2.24) is 5.32 Å². The van der Waals surface area contributed by atoms with E-state index in [0.717, 1.165) is 57.8 Å². The number of aliphatic hydroxyl groups excluding tert-OH is 8. The Morgan fingerprint density at radius 2 is 0.761 bits per heavy atom. The molecule has 0 aromatic heterocycles. The topological polar surface area (TPSA) is 228 Å². The van der Waals surface area contributed by atoms with Gasteiger partial charge in [-0.1, -0.05) is 318 Å². The van der Waals surface area contributed by atoms with E-state index < -0.39 is 86.8 Å². The summed E-state index contributed by atoms with van der Waals surface area (Å²) in [6, 6.07) is -0.932. The fraction of sp³-hybridized carbons (Fsp3) is 0.833. The predicted octanol–water partition coefficient (Wildman–Crippen LogP) is 16.6. The van der Waals surface area contributed by atoms with Crippen LogP contribution in [0.5, 0.6) is 0 Å². The zero-order valence-electron chi connectivity index (χ0n) is 58.5. The minimum atomic E-state index is -1.79. The number of aliphatic hydroxyl groups is 8. The van der Waals surface area contributed by atoms with E-state index >= 15 is 0 Å². The maximum atomic E-state index is 13.3. The Labute approximate surface area is 561 Å². The third-order valence-electron chi connectivity index (χ3n) is 18.4. The quantitative estimate of drug-likeness (QED) is 0.0204. The summed E-state index contributed by atoms with van der Waals surface area (Å²) >= 11 is 0. The van der Waals surface area contributed by atoms with Crippen molar-refractivity contribution < 1.29 is 64.6 Å². The molecule has 12 unspecified atom stereocenters. The molecule has 0 aromatic rings. The van der Waals surface area contributed by atoms with Crippen LogP contribution in [0.3, 0.4) is 0 Å². The van der Waals surface area contributed by atoms with Crippen molar-refractivity contribution in [2.24, 2.45) is 0 Å². The van der Waals surface area contributed by atoms with Crippen LogP contribution in [0, 0.1) is 0 Å². The van der Waals surface area contributed by atoms with E-state index in [2.05, 4.69) is 79.9 Å². The molecule has 14 nitrogen and oxygen atoms in total. The number of carbonyl (C=O) groups excluding carboxylic acids is 1. The number of unbranched alkanes of at least 4 members (excludes halogenated alkanes) is 40. The van der Waals surface area contributed by atoms with Gasteiger partial charge in [0.05, 0.1) is 32.0 Å². The van der Waals surface area contributed by atoms with Gasteiger partial charge in [0.1, 0.15) is 48.8 Å². The first-order valence-electron chi connectivity index (χ1n) is 38.2. The summed E-state index contributed by atoms with van der Waals surface area (Å²) in [5, 5.41) is 87.4. The third-order valence-corrected chi connectivity index (χ3v) is 18.4. The molecule has 0 saturated carbocycles. The molecule has 2 aliphatic heterocycles. The van der Waals surface area contributed by atoms with Crippen LogP contribution in [-0.2, 0) is 23.7 Å². The molecule has 0 aromatic carbocycles. The van der Waals surface area contributed by atoms with E-state index in [4.69, 9.17) is 18.9 Å². The molecule has 0 radical (unpaired) electrons. The molecule has 536 valence electrons. The number of hydrogen-bond acceptors (Lipinski definition) is 13. The number of ether oxygens (including phenoxy) is 4. The van der Waals surface area contributed by atoms with Crippen LogP contribution >= 0.6 is 0 Å². The van der Waals surface area contributed by atoms with Crippen molar-refractivity contribution in [2.75, 3.05) is 19.8 Å². The molecule has 12 atom stereocenters. The lowest BCUT2D eigenvalue weighted by molar-refractivity contribution is -0.359. The maximum Gasteiger partial charge on any atom is 0.220 e. The normalized spacial score (nSPS) is 23.1. The summed E-state index contributed by atoms with van der Waals surface area (Å²) in [4.78, 5) is 13.3. The fourth-order valence-corrected chi connectivity index (χ4v) is 12.4. The molecule has 92 heavy (non-hydrogen) atoms. The molecule has 0 spiro atoms. The van der Waals surface area contributed by atoms with Crippen LogP contribution < -0.4 is 5.32 Å². The second-order valence-corrected chi connectivity index (χ2v) is 26.7. The monoisotopic (exact) mass is 1300 g/mol. The lowest BCUT2D eigenvalue weighted by Gasteiger charge is -2.46. The summed E-state index contributed by atoms with van der Waals surface area (Å²) in [6.45, 7) is 2.70. The lowest BCUT2D eigenvalue weighted by atomic mass is 9.97. The SMILES string of the molecule is CC/C=C\C/C=C\C/C=C\C/C=C\CCCCCCCCCCCCCCCCCCCCCCCCCCCCCCC(=O)NC(COC1OC(CO)C(OC2OC(CO)C(O)C(O)C2O)C(O)C1O)C(O)/C=C/CC/C=C/CCCCCCCCCCCCC. The van der Waals surface area contributed by atoms with Gasteiger partial charge in [0.15, 0.2) is 12.6 Å². The van der Waals surface area contributed by atoms with Crippen LogP contribution in [0.4, 0.5) is 0 Å². The third kappa shape index (κ3) is 45.0. The van der Waals surface area contributed by atoms with Crippen molar-refractivity contribution in [3.63, 3.8) is 0 Å². The molecular weight excluding hydrogens is 1160 g/mol. The van der Waals surface area contributed by atoms with Crippen LogP contribution in [0.1, 0.15) is 322 Å². The zero-order valence-corrected chi connectivity index (χ0v) is 58.5. The Balaban J connectivity index is 1.55. The molecule has 14 heteroatoms. The molecule has 9 N–H and O–H groups in total. The molecule has 2 saturated heterocycles. The fourth-order valence-electron chi connectivity index (χ4n) is 12.4. The number of hydrogen-bond donors (Lipinski definition) is 9. The van der Waals surface area contributed by atoms with Gasteiger partial charge in [-0.2, -0.15) is 0 Å². The second kappa shape index (κ2) is 62.0. The Morgan fingerprint density at radius 1 is 0.402 bits per heavy atom. The summed E-state index contributed by atoms with van der Waals surface area (Å²) < 4.78 is 22.8. The van der Waals surface area contributed by atoms with Crippen LogP contribution in [0.15, 0.2) is 72.9 Å². The van der Waals surface area contributed by atoms with Gasteiger partial charge in [-0.25, -0.2) is 0 Å². The summed E-state index contributed by atoms with van der Waals surface area (Å²) in [5.41, 5.74) is 0. The minimum Gasteiger partial charge on any atom is -0.394 e. The van der Waals surface area contributed by atoms with Gasteiger partial charge in [0.25, 0.3) is 0 Å². The standard InChI is InChI=1S/C78H141NO13/c1-3-5-7-9-11-13-15-17-19-21-22-23-24-25-26-27-28-29-30-31-32-33-34-35-36-37-38-39-40-41-42-43-44-46-48-50-52-54-56-58-60-62-70(83)79-66(67(82)61-59-57-55-53-51-49-47-45-20-18-16-14-12-10-8-6-4-2)65-89-77-75(88)73(86)76(69(64-81)91-77)92-78-74(87)72(85)71(84)68(63-80)90-78/h5,7,11,13,17,19,22-23,51,53,59,61,66-69,71-78,80-82,84-88H,3-4,6,8-10,12,14-16,18,20-21,24-50,52,54-58,60,62-65H2,1-2H3,(H,79,83)/b7-5-,13-11-,19-17-,23-22-,53-51+,61-59+. The maximum absolute atomic E-state index is 13.3. The highest BCUT2D eigenvalue weighted by atomic mass is 16.7. The van der Waals surface area contributed by atoms with E-state index in [-0.39, 0.29) is 18.9 Å². The molecule has 2 aliphatic rings. The molecular formula is C78H141NO13. The second-order valence-electron chi connectivity index (χ2n) is 26.7. The number of carbonyl (C=O) groups is 1. The van der Waals surface area contributed by atoms with Gasteiger partial charge >= 0.3 is 0 Å². The van der Waals surface area contributed by atoms with Gasteiger partial charge in [-0.05, 0) is 70.6 Å². The Morgan fingerprint density at radius 3 is 1.20 bits per heavy atom. The highest BCUT2D eigenvalue weighted by Crippen LogP contribution is 2.30. The van der Waals surface area contributed by atoms with Crippen molar-refractivity contribution in [3.05, 3.63) is 72.9 Å². The smallest absolute Gasteiger partial charge is 0.220 e. The summed E-state index contributed by atoms with van der Waals surface area (Å²) in [7, 11) is 0. The van der Waals surface area contributed by atoms with E-state index in [1.54, 1.807) is 6.08 Å². The predicted molar refractivity (Wildman–Crippen MR) is 378 cm³/mol. The molecule has 1 amide bonds. The number of amides is 1. The first-order chi connectivity index (χ1) is 45.1. The van der Waals surface area contributed by atoms with E-state index in [1.165, 1.54) is 231 Å². The number of rotatable bonds is 63. The summed E-state index contributed by atoms with van der Waals surface area (Å²) in [6.07, 6.45) is 68.6. The van der Waals surface area contributed by atoms with E-state index in [1.807, 2.05) is 6.08 Å². The van der Waals surface area contributed by atoms with Gasteiger partial charge in [0.2, 0.25) is 5.91 Å². The molecule has 2 fully saturated rings. The van der Waals surface area contributed by atoms with Gasteiger partial charge in [-0.15, -0.1) is 0 Å². The highest BCUT2D eigenvalue weighted by molar-refractivity contribution is 5.76. The zero-order chi connectivity index (χ0) is 66.6. The number of nitrogens with one attached hydrogen (secondary N) is 1. The van der Waals surface area contributed by atoms with Crippen LogP contribution in [-0.4, -0.2) is 140 Å². The van der Waals surface area contributed by atoms with Crippen LogP contribution in [0.2, 0.25) is 0 Å². The van der Waals surface area contributed by atoms with Gasteiger partial charge in [0, 0.05) is 6.42 Å². The Hall–Kier alpha value is -2.57. The van der Waals surface area contributed by atoms with Crippen molar-refractivity contribution in [1.29, 1.82) is 0 Å². The van der Waals surface area contributed by atoms with E-state index in [0.29, 0.717) is 12.8 Å². The van der Waals surface area contributed by atoms with Crippen LogP contribution in [0.25, 0.3) is 0 Å². The lowest BCUT2D eigenvalue weighted by Crippen LogP contribution is -2.65. The van der Waals surface area contributed by atoms with Crippen molar-refractivity contribution in [2.45, 2.75) is 396 Å². The van der Waals surface area contributed by atoms with Gasteiger partial charge in [-0.3, -0.25) is 4.79 Å². The molecule has 2 rings (SSSR count). The Kier molecular flexibility index (Phi) is 57.6. The largest absolute Gasteiger partial charge is 0.394 e. The van der Waals surface area contributed by atoms with E-state index in [9.17, 15) is 45.6 Å².